The molecule has 2 rings (SSSR count). The molecule has 0 spiro atoms. The SMILES string of the molecule is CC(N)C1CCCCN1C(=O)Cc1ccc(C(F)(F)F)cc1.Cl. The maximum Gasteiger partial charge on any atom is 0.416 e. The quantitative estimate of drug-likeness (QED) is 0.908. The first kappa shape index (κ1) is 19.8. The number of amides is 1. The number of halogens is 4. The van der Waals surface area contributed by atoms with E-state index in [2.05, 4.69) is 0 Å². The normalized spacial score (nSPS) is 19.9. The first-order valence-electron chi connectivity index (χ1n) is 7.50. The molecule has 2 unspecified atom stereocenters. The van der Waals surface area contributed by atoms with Gasteiger partial charge in [0.2, 0.25) is 5.91 Å². The number of rotatable bonds is 3. The Balaban J connectivity index is 0.00000264. The molecular formula is C16H22ClF3N2O. The lowest BCUT2D eigenvalue weighted by Gasteiger charge is -2.38. The third-order valence-corrected chi connectivity index (χ3v) is 4.11. The van der Waals surface area contributed by atoms with Crippen molar-refractivity contribution in [2.24, 2.45) is 5.73 Å². The monoisotopic (exact) mass is 350 g/mol. The summed E-state index contributed by atoms with van der Waals surface area (Å²) in [5.74, 6) is -0.0678. The highest BCUT2D eigenvalue weighted by Gasteiger charge is 2.31. The van der Waals surface area contributed by atoms with Crippen molar-refractivity contribution in [3.05, 3.63) is 35.4 Å². The summed E-state index contributed by atoms with van der Waals surface area (Å²) in [6.07, 6.45) is -1.36. The predicted octanol–water partition coefficient (Wildman–Crippen LogP) is 3.40. The molecule has 0 bridgehead atoms. The van der Waals surface area contributed by atoms with Crippen LogP contribution in [0.25, 0.3) is 0 Å². The molecule has 1 fully saturated rings. The number of likely N-dealkylation sites (tertiary alicyclic amines) is 1. The van der Waals surface area contributed by atoms with Crippen LogP contribution in [0.5, 0.6) is 0 Å². The Kier molecular flexibility index (Phi) is 6.89. The number of benzene rings is 1. The summed E-state index contributed by atoms with van der Waals surface area (Å²) in [7, 11) is 0. The summed E-state index contributed by atoms with van der Waals surface area (Å²) in [4.78, 5) is 14.2. The van der Waals surface area contributed by atoms with Crippen molar-refractivity contribution in [2.45, 2.75) is 50.9 Å². The summed E-state index contributed by atoms with van der Waals surface area (Å²) in [6, 6.07) is 4.69. The Morgan fingerprint density at radius 2 is 1.91 bits per heavy atom. The van der Waals surface area contributed by atoms with Gasteiger partial charge in [-0.15, -0.1) is 12.4 Å². The van der Waals surface area contributed by atoms with Crippen LogP contribution in [0.15, 0.2) is 24.3 Å². The second-order valence-corrected chi connectivity index (χ2v) is 5.88. The van der Waals surface area contributed by atoms with Gasteiger partial charge in [0.05, 0.1) is 12.0 Å². The second-order valence-electron chi connectivity index (χ2n) is 5.88. The lowest BCUT2D eigenvalue weighted by atomic mass is 9.96. The highest BCUT2D eigenvalue weighted by atomic mass is 35.5. The molecule has 1 aromatic carbocycles. The predicted molar refractivity (Wildman–Crippen MR) is 85.4 cm³/mol. The second kappa shape index (κ2) is 8.02. The zero-order valence-electron chi connectivity index (χ0n) is 13.0. The summed E-state index contributed by atoms with van der Waals surface area (Å²) >= 11 is 0. The number of nitrogens with two attached hydrogens (primary N) is 1. The van der Waals surface area contributed by atoms with E-state index >= 15 is 0 Å². The lowest BCUT2D eigenvalue weighted by molar-refractivity contribution is -0.137. The molecule has 23 heavy (non-hydrogen) atoms. The smallest absolute Gasteiger partial charge is 0.338 e. The maximum absolute atomic E-state index is 12.5. The number of carbonyl (C=O) groups excluding carboxylic acids is 1. The molecule has 0 saturated carbocycles. The van der Waals surface area contributed by atoms with Crippen molar-refractivity contribution in [2.75, 3.05) is 6.54 Å². The molecule has 0 aromatic heterocycles. The van der Waals surface area contributed by atoms with Gasteiger partial charge >= 0.3 is 6.18 Å². The highest BCUT2D eigenvalue weighted by Crippen LogP contribution is 2.29. The van der Waals surface area contributed by atoms with Gasteiger partial charge in [0.1, 0.15) is 0 Å². The molecule has 2 N–H and O–H groups in total. The van der Waals surface area contributed by atoms with E-state index in [9.17, 15) is 18.0 Å². The summed E-state index contributed by atoms with van der Waals surface area (Å²) in [5.41, 5.74) is 5.83. The topological polar surface area (TPSA) is 46.3 Å². The Morgan fingerprint density at radius 1 is 1.30 bits per heavy atom. The zero-order chi connectivity index (χ0) is 16.3. The third-order valence-electron chi connectivity index (χ3n) is 4.11. The first-order chi connectivity index (χ1) is 10.3. The standard InChI is InChI=1S/C16H21F3N2O.ClH/c1-11(20)14-4-2-3-9-21(14)15(22)10-12-5-7-13(8-6-12)16(17,18)19;/h5-8,11,14H,2-4,9-10,20H2,1H3;1H. The summed E-state index contributed by atoms with van der Waals surface area (Å²) < 4.78 is 37.6. The van der Waals surface area contributed by atoms with Crippen molar-refractivity contribution in [1.29, 1.82) is 0 Å². The Labute approximate surface area is 140 Å². The minimum Gasteiger partial charge on any atom is -0.338 e. The largest absolute Gasteiger partial charge is 0.416 e. The molecule has 3 nitrogen and oxygen atoms in total. The fourth-order valence-electron chi connectivity index (χ4n) is 2.90. The average molecular weight is 351 g/mol. The van der Waals surface area contributed by atoms with Crippen LogP contribution in [0.1, 0.15) is 37.3 Å². The number of hydrogen-bond donors (Lipinski definition) is 1. The number of hydrogen-bond acceptors (Lipinski definition) is 2. The van der Waals surface area contributed by atoms with Gasteiger partial charge in [-0.1, -0.05) is 12.1 Å². The van der Waals surface area contributed by atoms with Gasteiger partial charge in [0.25, 0.3) is 0 Å². The molecule has 0 radical (unpaired) electrons. The fourth-order valence-corrected chi connectivity index (χ4v) is 2.90. The van der Waals surface area contributed by atoms with Crippen LogP contribution in [0.4, 0.5) is 13.2 Å². The van der Waals surface area contributed by atoms with E-state index in [1.165, 1.54) is 12.1 Å². The van der Waals surface area contributed by atoms with E-state index in [1.54, 1.807) is 4.90 Å². The number of carbonyl (C=O) groups is 1. The molecule has 0 aliphatic carbocycles. The van der Waals surface area contributed by atoms with Gasteiger partial charge < -0.3 is 10.6 Å². The zero-order valence-corrected chi connectivity index (χ0v) is 13.8. The number of nitrogens with zero attached hydrogens (tertiary/aromatic N) is 1. The van der Waals surface area contributed by atoms with Crippen molar-refractivity contribution >= 4 is 18.3 Å². The van der Waals surface area contributed by atoms with E-state index in [-0.39, 0.29) is 36.8 Å². The molecule has 1 aliphatic heterocycles. The van der Waals surface area contributed by atoms with Crippen molar-refractivity contribution in [3.63, 3.8) is 0 Å². The van der Waals surface area contributed by atoms with E-state index in [4.69, 9.17) is 5.73 Å². The minimum atomic E-state index is -4.35. The van der Waals surface area contributed by atoms with Gasteiger partial charge in [-0.25, -0.2) is 0 Å². The van der Waals surface area contributed by atoms with Crippen LogP contribution < -0.4 is 5.73 Å². The van der Waals surface area contributed by atoms with Crippen LogP contribution in [-0.4, -0.2) is 29.4 Å². The van der Waals surface area contributed by atoms with Crippen LogP contribution in [0, 0.1) is 0 Å². The van der Waals surface area contributed by atoms with Crippen LogP contribution >= 0.6 is 12.4 Å². The van der Waals surface area contributed by atoms with Crippen molar-refractivity contribution < 1.29 is 18.0 Å². The fraction of sp³-hybridized carbons (Fsp3) is 0.562. The molecule has 1 heterocycles. The van der Waals surface area contributed by atoms with Gasteiger partial charge in [-0.2, -0.15) is 13.2 Å². The number of alkyl halides is 3. The lowest BCUT2D eigenvalue weighted by Crippen LogP contribution is -2.52. The Hall–Kier alpha value is -1.27. The van der Waals surface area contributed by atoms with Gasteiger partial charge in [0.15, 0.2) is 0 Å². The van der Waals surface area contributed by atoms with Crippen LogP contribution in [0.3, 0.4) is 0 Å². The first-order valence-corrected chi connectivity index (χ1v) is 7.50. The van der Waals surface area contributed by atoms with Gasteiger partial charge in [-0.3, -0.25) is 4.79 Å². The summed E-state index contributed by atoms with van der Waals surface area (Å²) in [5, 5.41) is 0. The van der Waals surface area contributed by atoms with E-state index < -0.39 is 11.7 Å². The number of piperidine rings is 1. The third kappa shape index (κ3) is 5.11. The molecule has 7 heteroatoms. The minimum absolute atomic E-state index is 0. The maximum atomic E-state index is 12.5. The Morgan fingerprint density at radius 3 is 2.43 bits per heavy atom. The Bertz CT molecular complexity index is 517. The van der Waals surface area contributed by atoms with Crippen LogP contribution in [0.2, 0.25) is 0 Å². The highest BCUT2D eigenvalue weighted by molar-refractivity contribution is 5.85. The van der Waals surface area contributed by atoms with Crippen molar-refractivity contribution in [1.82, 2.24) is 4.90 Å². The van der Waals surface area contributed by atoms with Gasteiger partial charge in [0, 0.05) is 18.6 Å². The van der Waals surface area contributed by atoms with Crippen molar-refractivity contribution in [3.8, 4) is 0 Å². The molecule has 2 atom stereocenters. The molecule has 1 saturated heterocycles. The van der Waals surface area contributed by atoms with E-state index in [1.807, 2.05) is 6.92 Å². The molecule has 1 aliphatic rings. The summed E-state index contributed by atoms with van der Waals surface area (Å²) in [6.45, 7) is 2.56. The van der Waals surface area contributed by atoms with Crippen LogP contribution in [-0.2, 0) is 17.4 Å². The van der Waals surface area contributed by atoms with E-state index in [0.717, 1.165) is 31.4 Å². The molecular weight excluding hydrogens is 329 g/mol. The molecule has 1 aromatic rings. The van der Waals surface area contributed by atoms with Gasteiger partial charge in [-0.05, 0) is 43.9 Å². The molecule has 130 valence electrons. The van der Waals surface area contributed by atoms with E-state index in [0.29, 0.717) is 12.1 Å². The average Bonchev–Trinajstić information content (AvgIpc) is 2.46. The molecule has 1 amide bonds.